The van der Waals surface area contributed by atoms with Crippen LogP contribution in [0.4, 0.5) is 13.2 Å². The van der Waals surface area contributed by atoms with Crippen LogP contribution in [-0.2, 0) is 21.1 Å². The molecule has 134 valence electrons. The van der Waals surface area contributed by atoms with E-state index in [9.17, 15) is 18.0 Å². The Kier molecular flexibility index (Phi) is 5.58. The molecule has 6 heteroatoms. The molecule has 0 radical (unpaired) electrons. The Morgan fingerprint density at radius 1 is 1.29 bits per heavy atom. The molecule has 2 rings (SSSR count). The van der Waals surface area contributed by atoms with Crippen LogP contribution in [0.3, 0.4) is 0 Å². The van der Waals surface area contributed by atoms with Crippen molar-refractivity contribution < 1.29 is 22.7 Å². The summed E-state index contributed by atoms with van der Waals surface area (Å²) < 4.78 is 44.2. The Balaban J connectivity index is 2.22. The van der Waals surface area contributed by atoms with Crippen molar-refractivity contribution in [2.24, 2.45) is 5.92 Å². The van der Waals surface area contributed by atoms with Crippen molar-refractivity contribution in [2.45, 2.75) is 38.8 Å². The second-order valence-corrected chi connectivity index (χ2v) is 6.78. The molecule has 1 atom stereocenters. The largest absolute Gasteiger partial charge is 0.416 e. The zero-order valence-electron chi connectivity index (χ0n) is 14.3. The molecule has 0 N–H and O–H groups in total. The number of halogens is 3. The lowest BCUT2D eigenvalue weighted by Gasteiger charge is -2.33. The van der Waals surface area contributed by atoms with Crippen LogP contribution in [0, 0.1) is 5.92 Å². The van der Waals surface area contributed by atoms with Crippen molar-refractivity contribution in [3.8, 4) is 0 Å². The number of alkyl halides is 3. The van der Waals surface area contributed by atoms with Crippen molar-refractivity contribution in [2.75, 3.05) is 26.3 Å². The van der Waals surface area contributed by atoms with E-state index in [2.05, 4.69) is 0 Å². The van der Waals surface area contributed by atoms with Crippen LogP contribution >= 0.6 is 0 Å². The average Bonchev–Trinajstić information content (AvgIpc) is 3.04. The van der Waals surface area contributed by atoms with Gasteiger partial charge >= 0.3 is 6.18 Å². The van der Waals surface area contributed by atoms with Gasteiger partial charge in [-0.3, -0.25) is 4.79 Å². The van der Waals surface area contributed by atoms with Crippen LogP contribution in [0.1, 0.15) is 38.3 Å². The quantitative estimate of drug-likeness (QED) is 0.812. The monoisotopic (exact) mass is 343 g/mol. The molecule has 1 heterocycles. The third-order valence-corrected chi connectivity index (χ3v) is 4.62. The number of hydrogen-bond donors (Lipinski definition) is 0. The molecule has 0 unspecified atom stereocenters. The Hall–Kier alpha value is -1.56. The summed E-state index contributed by atoms with van der Waals surface area (Å²) in [6.45, 7) is 7.68. The number of rotatable bonds is 5. The van der Waals surface area contributed by atoms with Crippen molar-refractivity contribution in [1.29, 1.82) is 0 Å². The molecule has 24 heavy (non-hydrogen) atoms. The second-order valence-electron chi connectivity index (χ2n) is 6.78. The molecule has 0 aliphatic carbocycles. The van der Waals surface area contributed by atoms with Crippen molar-refractivity contribution in [3.63, 3.8) is 0 Å². The summed E-state index contributed by atoms with van der Waals surface area (Å²) in [5, 5.41) is 0. The molecular weight excluding hydrogens is 319 g/mol. The van der Waals surface area contributed by atoms with Crippen LogP contribution in [0.25, 0.3) is 0 Å². The van der Waals surface area contributed by atoms with E-state index in [4.69, 9.17) is 4.74 Å². The van der Waals surface area contributed by atoms with Crippen LogP contribution in [-0.4, -0.2) is 37.1 Å². The molecule has 0 spiro atoms. The predicted molar refractivity (Wildman–Crippen MR) is 85.7 cm³/mol. The SMILES string of the molecule is CCN(C[C@@H]1CCOC1)C(=O)C(C)(C)c1cccc(C(F)(F)F)c1. The number of benzene rings is 1. The Bertz CT molecular complexity index is 578. The smallest absolute Gasteiger partial charge is 0.381 e. The molecule has 1 aliphatic heterocycles. The maximum Gasteiger partial charge on any atom is 0.416 e. The summed E-state index contributed by atoms with van der Waals surface area (Å²) >= 11 is 0. The van der Waals surface area contributed by atoms with Crippen LogP contribution in [0.2, 0.25) is 0 Å². The number of carbonyl (C=O) groups excluding carboxylic acids is 1. The van der Waals surface area contributed by atoms with Crippen molar-refractivity contribution in [3.05, 3.63) is 35.4 Å². The van der Waals surface area contributed by atoms with Gasteiger partial charge in [-0.05, 0) is 38.8 Å². The lowest BCUT2D eigenvalue weighted by Crippen LogP contribution is -2.45. The zero-order valence-corrected chi connectivity index (χ0v) is 14.3. The van der Waals surface area contributed by atoms with E-state index in [1.807, 2.05) is 6.92 Å². The van der Waals surface area contributed by atoms with E-state index in [1.165, 1.54) is 6.07 Å². The highest BCUT2D eigenvalue weighted by atomic mass is 19.4. The van der Waals surface area contributed by atoms with Crippen molar-refractivity contribution >= 4 is 5.91 Å². The number of ether oxygens (including phenoxy) is 1. The minimum absolute atomic E-state index is 0.156. The fourth-order valence-electron chi connectivity index (χ4n) is 3.00. The van der Waals surface area contributed by atoms with Gasteiger partial charge in [-0.2, -0.15) is 13.2 Å². The maximum atomic E-state index is 12.9. The van der Waals surface area contributed by atoms with Gasteiger partial charge in [0, 0.05) is 25.6 Å². The molecular formula is C18H24F3NO2. The fraction of sp³-hybridized carbons (Fsp3) is 0.611. The van der Waals surface area contributed by atoms with Crippen LogP contribution in [0.5, 0.6) is 0 Å². The highest BCUT2D eigenvalue weighted by Crippen LogP contribution is 2.33. The first kappa shape index (κ1) is 18.8. The van der Waals surface area contributed by atoms with Gasteiger partial charge < -0.3 is 9.64 Å². The molecule has 1 fully saturated rings. The minimum atomic E-state index is -4.42. The highest BCUT2D eigenvalue weighted by Gasteiger charge is 2.37. The number of carbonyl (C=O) groups is 1. The molecule has 1 aromatic carbocycles. The van der Waals surface area contributed by atoms with E-state index >= 15 is 0 Å². The van der Waals surface area contributed by atoms with E-state index in [-0.39, 0.29) is 5.91 Å². The first-order chi connectivity index (χ1) is 11.2. The van der Waals surface area contributed by atoms with Gasteiger partial charge in [-0.25, -0.2) is 0 Å². The predicted octanol–water partition coefficient (Wildman–Crippen LogP) is 3.87. The number of hydrogen-bond acceptors (Lipinski definition) is 2. The van der Waals surface area contributed by atoms with E-state index in [1.54, 1.807) is 24.8 Å². The molecule has 0 aromatic heterocycles. The van der Waals surface area contributed by atoms with Gasteiger partial charge in [0.1, 0.15) is 0 Å². The molecule has 1 aliphatic rings. The summed E-state index contributed by atoms with van der Waals surface area (Å²) in [6, 6.07) is 5.04. The highest BCUT2D eigenvalue weighted by molar-refractivity contribution is 5.87. The van der Waals surface area contributed by atoms with Gasteiger partial charge in [0.25, 0.3) is 0 Å². The Morgan fingerprint density at radius 2 is 1.96 bits per heavy atom. The molecule has 1 amide bonds. The van der Waals surface area contributed by atoms with Gasteiger partial charge in [0.05, 0.1) is 17.6 Å². The third kappa shape index (κ3) is 4.09. The summed E-state index contributed by atoms with van der Waals surface area (Å²) in [6.07, 6.45) is -3.51. The summed E-state index contributed by atoms with van der Waals surface area (Å²) in [5.41, 5.74) is -1.37. The first-order valence-electron chi connectivity index (χ1n) is 8.21. The molecule has 1 saturated heterocycles. The molecule has 0 saturated carbocycles. The van der Waals surface area contributed by atoms with E-state index in [0.717, 1.165) is 18.6 Å². The first-order valence-corrected chi connectivity index (χ1v) is 8.21. The summed E-state index contributed by atoms with van der Waals surface area (Å²) in [5.74, 6) is 0.141. The molecule has 1 aromatic rings. The van der Waals surface area contributed by atoms with Crippen molar-refractivity contribution in [1.82, 2.24) is 4.90 Å². The zero-order chi connectivity index (χ0) is 18.0. The van der Waals surface area contributed by atoms with Crippen LogP contribution in [0.15, 0.2) is 24.3 Å². The maximum absolute atomic E-state index is 12.9. The minimum Gasteiger partial charge on any atom is -0.381 e. The lowest BCUT2D eigenvalue weighted by molar-refractivity contribution is -0.139. The number of likely N-dealkylation sites (N-methyl/N-ethyl adjacent to an activating group) is 1. The van der Waals surface area contributed by atoms with Crippen LogP contribution < -0.4 is 0 Å². The summed E-state index contributed by atoms with van der Waals surface area (Å²) in [4.78, 5) is 14.7. The Morgan fingerprint density at radius 3 is 2.50 bits per heavy atom. The second kappa shape index (κ2) is 7.13. The van der Waals surface area contributed by atoms with Gasteiger partial charge in [-0.15, -0.1) is 0 Å². The van der Waals surface area contributed by atoms with Gasteiger partial charge in [0.15, 0.2) is 0 Å². The fourth-order valence-corrected chi connectivity index (χ4v) is 3.00. The van der Waals surface area contributed by atoms with Gasteiger partial charge in [0.2, 0.25) is 5.91 Å². The normalized spacial score (nSPS) is 18.7. The lowest BCUT2D eigenvalue weighted by atomic mass is 9.82. The van der Waals surface area contributed by atoms with E-state index in [0.29, 0.717) is 37.8 Å². The average molecular weight is 343 g/mol. The Labute approximate surface area is 140 Å². The molecule has 3 nitrogen and oxygen atoms in total. The van der Waals surface area contributed by atoms with E-state index < -0.39 is 17.2 Å². The van der Waals surface area contributed by atoms with Gasteiger partial charge in [-0.1, -0.05) is 18.2 Å². The standard InChI is InChI=1S/C18H24F3NO2/c1-4-22(11-13-8-9-24-12-13)16(23)17(2,3)14-6-5-7-15(10-14)18(19,20)21/h5-7,10,13H,4,8-9,11-12H2,1-3H3/t13-/m0/s1. The third-order valence-electron chi connectivity index (χ3n) is 4.62. The number of nitrogens with zero attached hydrogens (tertiary/aromatic N) is 1. The summed E-state index contributed by atoms with van der Waals surface area (Å²) in [7, 11) is 0. The molecule has 0 bridgehead atoms. The topological polar surface area (TPSA) is 29.5 Å². The number of amides is 1.